The maximum atomic E-state index is 12.4. The summed E-state index contributed by atoms with van der Waals surface area (Å²) in [5.74, 6) is -0.0654. The van der Waals surface area contributed by atoms with Crippen LogP contribution in [-0.4, -0.2) is 29.5 Å². The number of fused-ring (bicyclic) bond motifs is 1. The summed E-state index contributed by atoms with van der Waals surface area (Å²) in [7, 11) is 0. The number of amides is 1. The fraction of sp³-hybridized carbons (Fsp3) is 0.235. The number of halogens is 1. The molecule has 2 heterocycles. The van der Waals surface area contributed by atoms with Crippen LogP contribution in [0.25, 0.3) is 0 Å². The van der Waals surface area contributed by atoms with E-state index >= 15 is 0 Å². The van der Waals surface area contributed by atoms with Crippen molar-refractivity contribution in [3.05, 3.63) is 52.6 Å². The number of carbonyl (C=O) groups is 2. The number of carbonyl (C=O) groups excluding carboxylic acids is 2. The lowest BCUT2D eigenvalue weighted by atomic mass is 10.2. The molecule has 24 heavy (non-hydrogen) atoms. The van der Waals surface area contributed by atoms with Crippen molar-refractivity contribution in [2.24, 2.45) is 0 Å². The number of nitrogens with zero attached hydrogens (tertiary/aromatic N) is 2. The molecule has 0 N–H and O–H groups in total. The molecule has 1 atom stereocenters. The number of benzene rings is 1. The van der Waals surface area contributed by atoms with Crippen molar-refractivity contribution >= 4 is 33.6 Å². The Bertz CT molecular complexity index is 766. The first kappa shape index (κ1) is 16.4. The topological polar surface area (TPSA) is 68.7 Å². The second-order valence-electron chi connectivity index (χ2n) is 5.28. The fourth-order valence-electron chi connectivity index (χ4n) is 2.38. The van der Waals surface area contributed by atoms with E-state index < -0.39 is 12.0 Å². The molecule has 0 saturated heterocycles. The third-order valence-electron chi connectivity index (χ3n) is 3.61. The molecule has 6 nitrogen and oxygen atoms in total. The zero-order chi connectivity index (χ0) is 17.1. The smallest absolute Gasteiger partial charge is 0.329 e. The lowest BCUT2D eigenvalue weighted by molar-refractivity contribution is -0.147. The SMILES string of the molecule is CC(C(=O)OCc1ccccc1)N1C(=O)COc2ccc(Br)nc21. The highest BCUT2D eigenvalue weighted by molar-refractivity contribution is 9.10. The predicted octanol–water partition coefficient (Wildman–Crippen LogP) is 2.70. The number of rotatable bonds is 4. The molecule has 0 bridgehead atoms. The maximum absolute atomic E-state index is 12.4. The van der Waals surface area contributed by atoms with E-state index in [-0.39, 0.29) is 19.1 Å². The molecule has 0 aliphatic carbocycles. The van der Waals surface area contributed by atoms with Gasteiger partial charge in [-0.1, -0.05) is 30.3 Å². The van der Waals surface area contributed by atoms with Crippen LogP contribution in [0, 0.1) is 0 Å². The van der Waals surface area contributed by atoms with Gasteiger partial charge in [-0.15, -0.1) is 0 Å². The van der Waals surface area contributed by atoms with Crippen LogP contribution in [0.4, 0.5) is 5.82 Å². The van der Waals surface area contributed by atoms with Crippen LogP contribution in [0.3, 0.4) is 0 Å². The Hall–Kier alpha value is -2.41. The van der Waals surface area contributed by atoms with Crippen LogP contribution in [0.1, 0.15) is 12.5 Å². The van der Waals surface area contributed by atoms with E-state index in [1.807, 2.05) is 30.3 Å². The van der Waals surface area contributed by atoms with Gasteiger partial charge in [0.05, 0.1) is 0 Å². The lowest BCUT2D eigenvalue weighted by Crippen LogP contribution is -2.49. The van der Waals surface area contributed by atoms with Gasteiger partial charge >= 0.3 is 5.97 Å². The van der Waals surface area contributed by atoms with Crippen LogP contribution in [0.15, 0.2) is 47.1 Å². The largest absolute Gasteiger partial charge is 0.480 e. The van der Waals surface area contributed by atoms with Crippen molar-refractivity contribution in [3.63, 3.8) is 0 Å². The van der Waals surface area contributed by atoms with Gasteiger partial charge in [0.1, 0.15) is 17.3 Å². The molecule has 1 aliphatic heterocycles. The van der Waals surface area contributed by atoms with Crippen LogP contribution in [-0.2, 0) is 20.9 Å². The molecule has 0 radical (unpaired) electrons. The summed E-state index contributed by atoms with van der Waals surface area (Å²) in [5.41, 5.74) is 0.882. The predicted molar refractivity (Wildman–Crippen MR) is 90.6 cm³/mol. The molecule has 2 aromatic rings. The molecule has 1 unspecified atom stereocenters. The molecular weight excluding hydrogens is 376 g/mol. The highest BCUT2D eigenvalue weighted by atomic mass is 79.9. The standard InChI is InChI=1S/C17H15BrN2O4/c1-11(17(22)24-9-12-5-3-2-4-6-12)20-15(21)10-23-13-7-8-14(18)19-16(13)20/h2-8,11H,9-10H2,1H3. The van der Waals surface area contributed by atoms with Gasteiger partial charge < -0.3 is 9.47 Å². The Morgan fingerprint density at radius 1 is 1.33 bits per heavy atom. The highest BCUT2D eigenvalue weighted by Gasteiger charge is 2.35. The average Bonchev–Trinajstić information content (AvgIpc) is 2.60. The number of hydrogen-bond donors (Lipinski definition) is 0. The Kier molecular flexibility index (Phi) is 4.80. The molecular formula is C17H15BrN2O4. The van der Waals surface area contributed by atoms with E-state index in [0.29, 0.717) is 16.2 Å². The van der Waals surface area contributed by atoms with Crippen LogP contribution < -0.4 is 9.64 Å². The van der Waals surface area contributed by atoms with Gasteiger partial charge in [0.25, 0.3) is 5.91 Å². The molecule has 124 valence electrons. The zero-order valence-corrected chi connectivity index (χ0v) is 14.5. The van der Waals surface area contributed by atoms with Gasteiger partial charge in [0.15, 0.2) is 18.2 Å². The van der Waals surface area contributed by atoms with Gasteiger partial charge in [0, 0.05) is 0 Å². The summed E-state index contributed by atoms with van der Waals surface area (Å²) >= 11 is 3.26. The third-order valence-corrected chi connectivity index (χ3v) is 4.05. The number of pyridine rings is 1. The van der Waals surface area contributed by atoms with Gasteiger partial charge in [-0.05, 0) is 40.5 Å². The van der Waals surface area contributed by atoms with E-state index in [9.17, 15) is 9.59 Å². The molecule has 1 aliphatic rings. The maximum Gasteiger partial charge on any atom is 0.329 e. The normalized spacial score (nSPS) is 14.6. The zero-order valence-electron chi connectivity index (χ0n) is 12.9. The number of hydrogen-bond acceptors (Lipinski definition) is 5. The lowest BCUT2D eigenvalue weighted by Gasteiger charge is -2.31. The minimum absolute atomic E-state index is 0.132. The van der Waals surface area contributed by atoms with Gasteiger partial charge in [-0.2, -0.15) is 0 Å². The molecule has 3 rings (SSSR count). The Morgan fingerprint density at radius 2 is 2.08 bits per heavy atom. The molecule has 7 heteroatoms. The van der Waals surface area contributed by atoms with Gasteiger partial charge in [0.2, 0.25) is 0 Å². The summed E-state index contributed by atoms with van der Waals surface area (Å²) in [6, 6.07) is 12.0. The quantitative estimate of drug-likeness (QED) is 0.592. The van der Waals surface area contributed by atoms with Gasteiger partial charge in [-0.3, -0.25) is 9.69 Å². The summed E-state index contributed by atoms with van der Waals surface area (Å²) in [6.07, 6.45) is 0. The average molecular weight is 391 g/mol. The summed E-state index contributed by atoms with van der Waals surface area (Å²) in [5, 5.41) is 0. The number of ether oxygens (including phenoxy) is 2. The second-order valence-corrected chi connectivity index (χ2v) is 6.09. The Morgan fingerprint density at radius 3 is 2.83 bits per heavy atom. The van der Waals surface area contributed by atoms with Crippen molar-refractivity contribution < 1.29 is 19.1 Å². The van der Waals surface area contributed by atoms with Crippen LogP contribution in [0.2, 0.25) is 0 Å². The van der Waals surface area contributed by atoms with E-state index in [1.54, 1.807) is 19.1 Å². The van der Waals surface area contributed by atoms with Crippen molar-refractivity contribution in [2.45, 2.75) is 19.6 Å². The summed E-state index contributed by atoms with van der Waals surface area (Å²) in [4.78, 5) is 30.2. The van der Waals surface area contributed by atoms with E-state index in [1.165, 1.54) is 4.90 Å². The minimum atomic E-state index is -0.800. The first-order chi connectivity index (χ1) is 11.6. The number of esters is 1. The van der Waals surface area contributed by atoms with Gasteiger partial charge in [-0.25, -0.2) is 9.78 Å². The summed E-state index contributed by atoms with van der Waals surface area (Å²) < 4.78 is 11.2. The number of anilines is 1. The summed E-state index contributed by atoms with van der Waals surface area (Å²) in [6.45, 7) is 1.64. The first-order valence-corrected chi connectivity index (χ1v) is 8.17. The third kappa shape index (κ3) is 3.41. The number of aromatic nitrogens is 1. The van der Waals surface area contributed by atoms with E-state index in [0.717, 1.165) is 5.56 Å². The Balaban J connectivity index is 1.76. The van der Waals surface area contributed by atoms with Crippen LogP contribution in [0.5, 0.6) is 5.75 Å². The monoisotopic (exact) mass is 390 g/mol. The van der Waals surface area contributed by atoms with Crippen molar-refractivity contribution in [1.82, 2.24) is 4.98 Å². The molecule has 0 fully saturated rings. The fourth-order valence-corrected chi connectivity index (χ4v) is 2.68. The van der Waals surface area contributed by atoms with E-state index in [2.05, 4.69) is 20.9 Å². The first-order valence-electron chi connectivity index (χ1n) is 7.38. The molecule has 0 saturated carbocycles. The van der Waals surface area contributed by atoms with E-state index in [4.69, 9.17) is 9.47 Å². The van der Waals surface area contributed by atoms with Crippen molar-refractivity contribution in [3.8, 4) is 5.75 Å². The molecule has 1 amide bonds. The highest BCUT2D eigenvalue weighted by Crippen LogP contribution is 2.33. The molecule has 1 aromatic heterocycles. The second kappa shape index (κ2) is 7.00. The van der Waals surface area contributed by atoms with Crippen molar-refractivity contribution in [2.75, 3.05) is 11.5 Å². The van der Waals surface area contributed by atoms with Crippen LogP contribution >= 0.6 is 15.9 Å². The van der Waals surface area contributed by atoms with Crippen molar-refractivity contribution in [1.29, 1.82) is 0 Å². The Labute approximate surface area is 147 Å². The molecule has 1 aromatic carbocycles. The molecule has 0 spiro atoms. The minimum Gasteiger partial charge on any atom is -0.480 e.